The highest BCUT2D eigenvalue weighted by Gasteiger charge is 2.46. The van der Waals surface area contributed by atoms with E-state index in [1.54, 1.807) is 20.8 Å². The number of methoxy groups -OCH3 is 1. The van der Waals surface area contributed by atoms with Gasteiger partial charge in [-0.25, -0.2) is 9.59 Å². The molecule has 0 N–H and O–H groups in total. The Balaban J connectivity index is 2.92. The van der Waals surface area contributed by atoms with Crippen LogP contribution in [0.3, 0.4) is 0 Å². The molecule has 1 rings (SSSR count). The van der Waals surface area contributed by atoms with Gasteiger partial charge in [0.2, 0.25) is 0 Å². The summed E-state index contributed by atoms with van der Waals surface area (Å²) in [5.41, 5.74) is -0.615. The Labute approximate surface area is 147 Å². The molecule has 0 saturated carbocycles. The zero-order valence-electron chi connectivity index (χ0n) is 16.6. The summed E-state index contributed by atoms with van der Waals surface area (Å²) < 4.78 is 16.7. The summed E-state index contributed by atoms with van der Waals surface area (Å²) in [4.78, 5) is 26.0. The standard InChI is InChI=1S/C17H33NO5Si/c1-16(2,3)22-15(20)18-11-12(10-13(18)14(19)21-7)23-24(8,9)17(4,5)6/h12-13H,10-11H2,1-9H3/t12?,13-/m1/s1. The second-order valence-electron chi connectivity index (χ2n) is 8.91. The van der Waals surface area contributed by atoms with E-state index in [2.05, 4.69) is 33.9 Å². The van der Waals surface area contributed by atoms with E-state index < -0.39 is 32.0 Å². The van der Waals surface area contributed by atoms with E-state index in [-0.39, 0.29) is 11.1 Å². The predicted octanol–water partition coefficient (Wildman–Crippen LogP) is 3.56. The van der Waals surface area contributed by atoms with Crippen LogP contribution in [-0.2, 0) is 18.7 Å². The van der Waals surface area contributed by atoms with Gasteiger partial charge in [-0.2, -0.15) is 0 Å². The lowest BCUT2D eigenvalue weighted by Crippen LogP contribution is -2.45. The molecule has 1 aliphatic rings. The van der Waals surface area contributed by atoms with Crippen LogP contribution in [0.15, 0.2) is 0 Å². The SMILES string of the molecule is COC(=O)[C@H]1CC(O[Si](C)(C)C(C)(C)C)CN1C(=O)OC(C)(C)C. The summed E-state index contributed by atoms with van der Waals surface area (Å²) in [7, 11) is -0.656. The Morgan fingerprint density at radius 3 is 2.04 bits per heavy atom. The molecule has 0 aliphatic carbocycles. The lowest BCUT2D eigenvalue weighted by atomic mass is 10.2. The van der Waals surface area contributed by atoms with E-state index in [1.807, 2.05) is 0 Å². The second kappa shape index (κ2) is 7.04. The number of ether oxygens (including phenoxy) is 2. The van der Waals surface area contributed by atoms with Crippen molar-refractivity contribution in [3.63, 3.8) is 0 Å². The van der Waals surface area contributed by atoms with Crippen molar-refractivity contribution in [3.8, 4) is 0 Å². The maximum atomic E-state index is 12.5. The summed E-state index contributed by atoms with van der Waals surface area (Å²) in [5, 5.41) is 0.0626. The van der Waals surface area contributed by atoms with Crippen LogP contribution in [0.4, 0.5) is 4.79 Å². The first-order valence-electron chi connectivity index (χ1n) is 8.43. The summed E-state index contributed by atoms with van der Waals surface area (Å²) in [6, 6.07) is -0.653. The molecule has 1 heterocycles. The number of carbonyl (C=O) groups excluding carboxylic acids is 2. The van der Waals surface area contributed by atoms with Crippen molar-refractivity contribution in [1.82, 2.24) is 4.90 Å². The van der Waals surface area contributed by atoms with Gasteiger partial charge >= 0.3 is 12.1 Å². The third-order valence-corrected chi connectivity index (χ3v) is 9.17. The average molecular weight is 360 g/mol. The Hall–Kier alpha value is -1.08. The van der Waals surface area contributed by atoms with Crippen molar-refractivity contribution in [2.75, 3.05) is 13.7 Å². The van der Waals surface area contributed by atoms with Crippen LogP contribution in [0.5, 0.6) is 0 Å². The molecule has 1 amide bonds. The molecule has 0 aromatic heterocycles. The Morgan fingerprint density at radius 2 is 1.62 bits per heavy atom. The Morgan fingerprint density at radius 1 is 1.08 bits per heavy atom. The van der Waals surface area contributed by atoms with Gasteiger partial charge < -0.3 is 13.9 Å². The molecule has 0 aromatic rings. The van der Waals surface area contributed by atoms with E-state index in [4.69, 9.17) is 13.9 Å². The molecule has 0 radical (unpaired) electrons. The summed E-state index contributed by atoms with van der Waals surface area (Å²) in [6.45, 7) is 16.6. The van der Waals surface area contributed by atoms with Crippen LogP contribution in [0.25, 0.3) is 0 Å². The van der Waals surface area contributed by atoms with Gasteiger partial charge in [0.25, 0.3) is 0 Å². The smallest absolute Gasteiger partial charge is 0.411 e. The lowest BCUT2D eigenvalue weighted by molar-refractivity contribution is -0.145. The molecule has 24 heavy (non-hydrogen) atoms. The van der Waals surface area contributed by atoms with Crippen molar-refractivity contribution < 1.29 is 23.5 Å². The Bertz CT molecular complexity index is 478. The maximum absolute atomic E-state index is 12.5. The molecule has 1 aliphatic heterocycles. The first kappa shape index (κ1) is 21.0. The molecule has 0 aromatic carbocycles. The third kappa shape index (κ3) is 5.21. The quantitative estimate of drug-likeness (QED) is 0.569. The van der Waals surface area contributed by atoms with Gasteiger partial charge in [-0.15, -0.1) is 0 Å². The van der Waals surface area contributed by atoms with Gasteiger partial charge in [-0.1, -0.05) is 20.8 Å². The molecule has 1 saturated heterocycles. The number of rotatable bonds is 3. The van der Waals surface area contributed by atoms with Crippen LogP contribution < -0.4 is 0 Å². The topological polar surface area (TPSA) is 65.1 Å². The lowest BCUT2D eigenvalue weighted by Gasteiger charge is -2.38. The summed E-state index contributed by atoms with van der Waals surface area (Å²) >= 11 is 0. The summed E-state index contributed by atoms with van der Waals surface area (Å²) in [6.07, 6.45) is -0.236. The molecule has 1 unspecified atom stereocenters. The average Bonchev–Trinajstić information content (AvgIpc) is 2.77. The van der Waals surface area contributed by atoms with Crippen molar-refractivity contribution in [2.24, 2.45) is 0 Å². The van der Waals surface area contributed by atoms with Crippen molar-refractivity contribution in [1.29, 1.82) is 0 Å². The molecule has 1 fully saturated rings. The van der Waals surface area contributed by atoms with Gasteiger partial charge in [-0.3, -0.25) is 4.90 Å². The number of esters is 1. The third-order valence-electron chi connectivity index (χ3n) is 4.63. The minimum Gasteiger partial charge on any atom is -0.467 e. The fourth-order valence-electron chi connectivity index (χ4n) is 2.36. The van der Waals surface area contributed by atoms with Crippen LogP contribution in [-0.4, -0.2) is 56.7 Å². The van der Waals surface area contributed by atoms with Crippen LogP contribution in [0.1, 0.15) is 48.0 Å². The van der Waals surface area contributed by atoms with Crippen LogP contribution >= 0.6 is 0 Å². The number of likely N-dealkylation sites (tertiary alicyclic amines) is 1. The highest BCUT2D eigenvalue weighted by molar-refractivity contribution is 6.74. The molecule has 140 valence electrons. The van der Waals surface area contributed by atoms with Crippen LogP contribution in [0, 0.1) is 0 Å². The van der Waals surface area contributed by atoms with E-state index >= 15 is 0 Å². The van der Waals surface area contributed by atoms with E-state index in [0.29, 0.717) is 13.0 Å². The first-order chi connectivity index (χ1) is 10.7. The number of hydrogen-bond donors (Lipinski definition) is 0. The monoisotopic (exact) mass is 359 g/mol. The highest BCUT2D eigenvalue weighted by Crippen LogP contribution is 2.39. The predicted molar refractivity (Wildman–Crippen MR) is 95.4 cm³/mol. The highest BCUT2D eigenvalue weighted by atomic mass is 28.4. The molecule has 6 nitrogen and oxygen atoms in total. The normalized spacial score (nSPS) is 22.5. The van der Waals surface area contributed by atoms with Gasteiger partial charge in [-0.05, 0) is 38.9 Å². The van der Waals surface area contributed by atoms with Gasteiger partial charge in [0.15, 0.2) is 8.32 Å². The summed E-state index contributed by atoms with van der Waals surface area (Å²) in [5.74, 6) is -0.429. The minimum atomic E-state index is -1.99. The van der Waals surface area contributed by atoms with Gasteiger partial charge in [0.1, 0.15) is 11.6 Å². The van der Waals surface area contributed by atoms with E-state index in [9.17, 15) is 9.59 Å². The molecule has 0 bridgehead atoms. The molecular weight excluding hydrogens is 326 g/mol. The van der Waals surface area contributed by atoms with Gasteiger partial charge in [0.05, 0.1) is 13.2 Å². The molecule has 7 heteroatoms. The van der Waals surface area contributed by atoms with Crippen molar-refractivity contribution in [3.05, 3.63) is 0 Å². The molecular formula is C17H33NO5Si. The number of nitrogens with zero attached hydrogens (tertiary/aromatic N) is 1. The van der Waals surface area contributed by atoms with Gasteiger partial charge in [0, 0.05) is 13.0 Å². The molecule has 0 spiro atoms. The number of amides is 1. The number of carbonyl (C=O) groups is 2. The van der Waals surface area contributed by atoms with Crippen molar-refractivity contribution in [2.45, 2.75) is 83.8 Å². The fraction of sp³-hybridized carbons (Fsp3) is 0.882. The zero-order chi connectivity index (χ0) is 18.9. The molecule has 2 atom stereocenters. The number of hydrogen-bond acceptors (Lipinski definition) is 5. The fourth-order valence-corrected chi connectivity index (χ4v) is 3.72. The minimum absolute atomic E-state index is 0.0626. The van der Waals surface area contributed by atoms with E-state index in [1.165, 1.54) is 12.0 Å². The van der Waals surface area contributed by atoms with Crippen LogP contribution in [0.2, 0.25) is 18.1 Å². The second-order valence-corrected chi connectivity index (χ2v) is 13.7. The zero-order valence-corrected chi connectivity index (χ0v) is 17.6. The largest absolute Gasteiger partial charge is 0.467 e. The van der Waals surface area contributed by atoms with E-state index in [0.717, 1.165) is 0 Å². The van der Waals surface area contributed by atoms with Crippen molar-refractivity contribution >= 4 is 20.4 Å². The first-order valence-corrected chi connectivity index (χ1v) is 11.3. The Kier molecular flexibility index (Phi) is 6.14. The maximum Gasteiger partial charge on any atom is 0.411 e.